The van der Waals surface area contributed by atoms with E-state index in [2.05, 4.69) is 34.4 Å². The Kier molecular flexibility index (Phi) is 12.0. The molecule has 4 aromatic rings. The molecule has 1 aromatic heterocycles. The average molecular weight is 884 g/mol. The lowest BCUT2D eigenvalue weighted by atomic mass is 10.0. The van der Waals surface area contributed by atoms with Gasteiger partial charge in [-0.2, -0.15) is 0 Å². The van der Waals surface area contributed by atoms with Crippen LogP contribution in [0.5, 0.6) is 0 Å². The molecule has 3 aromatic carbocycles. The lowest BCUT2D eigenvalue weighted by molar-refractivity contribution is -0.120. The number of aromatic amines is 1. The minimum Gasteiger partial charge on any atom is -0.444 e. The Labute approximate surface area is 370 Å². The molecule has 4 saturated heterocycles. The predicted molar refractivity (Wildman–Crippen MR) is 245 cm³/mol. The van der Waals surface area contributed by atoms with Crippen LogP contribution in [-0.2, 0) is 14.3 Å². The van der Waals surface area contributed by atoms with Gasteiger partial charge in [-0.1, -0.05) is 31.3 Å². The number of likely N-dealkylation sites (tertiary alicyclic amines) is 2. The Morgan fingerprint density at radius 2 is 1.30 bits per heavy atom. The summed E-state index contributed by atoms with van der Waals surface area (Å²) in [4.78, 5) is 55.2. The molecule has 0 saturated carbocycles. The van der Waals surface area contributed by atoms with Gasteiger partial charge in [0.15, 0.2) is 11.6 Å². The topological polar surface area (TPSA) is 123 Å². The second-order valence-corrected chi connectivity index (χ2v) is 25.9. The van der Waals surface area contributed by atoms with Gasteiger partial charge in [0, 0.05) is 37.6 Å². The van der Waals surface area contributed by atoms with Crippen LogP contribution in [0, 0.1) is 11.6 Å². The number of nitrogens with zero attached hydrogens (tertiary/aromatic N) is 5. The van der Waals surface area contributed by atoms with Crippen LogP contribution in [-0.4, -0.2) is 89.4 Å². The molecule has 4 aliphatic heterocycles. The van der Waals surface area contributed by atoms with E-state index in [0.717, 1.165) is 47.1 Å². The molecule has 8 rings (SSSR count). The molecule has 0 unspecified atom stereocenters. The molecule has 338 valence electrons. The molecule has 15 heteroatoms. The molecule has 5 heterocycles. The number of fused-ring (bicyclic) bond motifs is 1. The standard InChI is InChI=1S/C48H63F2N7O5Si/c1-47(2,3)61-45(59)55-21-9-11-40(55)43-52-36-18-15-31(27-37(36)53-43)39-20-19-38(57(39)33-28-34(49)42(35(50)29-33)54-23-25-63(7,8)26-24-54)30-13-16-32(17-14-30)51-44(58)41-12-10-22-56(41)46(60)62-48(4,5)6/h13-18,27-29,38-41H,9-12,19-26H2,1-8H3,(H,51,58)(H,52,53)/t38-,39-,40-,41-/m0/s1. The lowest BCUT2D eigenvalue weighted by Crippen LogP contribution is -2.45. The first-order valence-corrected chi connectivity index (χ1v) is 26.1. The van der Waals surface area contributed by atoms with Crippen LogP contribution in [0.25, 0.3) is 11.0 Å². The minimum absolute atomic E-state index is 0.0434. The first-order valence-electron chi connectivity index (χ1n) is 22.7. The molecule has 4 aliphatic rings. The number of rotatable bonds is 7. The number of hydrogen-bond acceptors (Lipinski definition) is 8. The molecule has 0 aliphatic carbocycles. The number of hydrogen-bond donors (Lipinski definition) is 2. The second kappa shape index (κ2) is 17.1. The number of imidazole rings is 1. The summed E-state index contributed by atoms with van der Waals surface area (Å²) in [5, 5.41) is 3.00. The van der Waals surface area contributed by atoms with E-state index in [-0.39, 0.29) is 35.8 Å². The second-order valence-electron chi connectivity index (χ2n) is 20.6. The van der Waals surface area contributed by atoms with Crippen molar-refractivity contribution in [3.8, 4) is 0 Å². The fraction of sp³-hybridized carbons (Fsp3) is 0.542. The minimum atomic E-state index is -1.37. The van der Waals surface area contributed by atoms with Crippen LogP contribution in [0.15, 0.2) is 54.6 Å². The summed E-state index contributed by atoms with van der Waals surface area (Å²) >= 11 is 0. The predicted octanol–water partition coefficient (Wildman–Crippen LogP) is 10.9. The van der Waals surface area contributed by atoms with Gasteiger partial charge in [-0.25, -0.2) is 23.4 Å². The Hall–Kier alpha value is -5.18. The Bertz CT molecular complexity index is 2330. The van der Waals surface area contributed by atoms with E-state index in [9.17, 15) is 14.4 Å². The quantitative estimate of drug-likeness (QED) is 0.176. The third-order valence-corrected chi connectivity index (χ3v) is 16.1. The number of benzene rings is 3. The zero-order valence-electron chi connectivity index (χ0n) is 38.0. The summed E-state index contributed by atoms with van der Waals surface area (Å²) in [6, 6.07) is 17.3. The highest BCUT2D eigenvalue weighted by atomic mass is 28.3. The first-order chi connectivity index (χ1) is 29.7. The van der Waals surface area contributed by atoms with E-state index in [0.29, 0.717) is 69.1 Å². The zero-order chi connectivity index (χ0) is 45.0. The van der Waals surface area contributed by atoms with E-state index in [1.54, 1.807) is 25.7 Å². The molecule has 4 fully saturated rings. The van der Waals surface area contributed by atoms with Crippen molar-refractivity contribution in [1.29, 1.82) is 0 Å². The van der Waals surface area contributed by atoms with Gasteiger partial charge in [-0.05, 0) is 140 Å². The SMILES string of the molecule is CC(C)(C)OC(=O)N1CCC[C@H]1C(=O)Nc1ccc([C@@H]2CC[C@@H](c3ccc4nc([C@@H]5CCCN5C(=O)OC(C)(C)C)[nH]c4c3)N2c2cc(F)c(N3CC[Si](C)(C)CC3)c(F)c2)cc1. The number of halogens is 2. The normalized spacial score (nSPS) is 22.8. The molecular formula is C48H63F2N7O5Si. The number of H-pyrrole nitrogens is 1. The largest absolute Gasteiger partial charge is 0.444 e. The maximum Gasteiger partial charge on any atom is 0.410 e. The summed E-state index contributed by atoms with van der Waals surface area (Å²) < 4.78 is 44.1. The Balaban J connectivity index is 1.08. The summed E-state index contributed by atoms with van der Waals surface area (Å²) in [5.74, 6) is -0.711. The van der Waals surface area contributed by atoms with Crippen LogP contribution in [0.2, 0.25) is 25.2 Å². The third-order valence-electron chi connectivity index (χ3n) is 13.0. The summed E-state index contributed by atoms with van der Waals surface area (Å²) in [7, 11) is -1.37. The fourth-order valence-electron chi connectivity index (χ4n) is 9.76. The van der Waals surface area contributed by atoms with Gasteiger partial charge in [0.25, 0.3) is 0 Å². The zero-order valence-corrected chi connectivity index (χ0v) is 39.0. The van der Waals surface area contributed by atoms with Gasteiger partial charge in [-0.3, -0.25) is 14.6 Å². The van der Waals surface area contributed by atoms with Crippen molar-refractivity contribution in [2.24, 2.45) is 0 Å². The van der Waals surface area contributed by atoms with E-state index in [1.807, 2.05) is 62.1 Å². The maximum absolute atomic E-state index is 16.4. The van der Waals surface area contributed by atoms with Crippen LogP contribution in [0.4, 0.5) is 35.4 Å². The molecule has 4 atom stereocenters. The van der Waals surface area contributed by atoms with Gasteiger partial charge in [0.1, 0.15) is 28.8 Å². The van der Waals surface area contributed by atoms with Gasteiger partial charge >= 0.3 is 12.2 Å². The van der Waals surface area contributed by atoms with Crippen molar-refractivity contribution in [2.75, 3.05) is 41.3 Å². The molecule has 3 amide bonds. The average Bonchev–Trinajstić information content (AvgIpc) is 4.02. The molecular weight excluding hydrogens is 821 g/mol. The van der Waals surface area contributed by atoms with Crippen molar-refractivity contribution in [3.63, 3.8) is 0 Å². The number of aromatic nitrogens is 2. The first kappa shape index (κ1) is 44.4. The van der Waals surface area contributed by atoms with Crippen molar-refractivity contribution in [1.82, 2.24) is 19.8 Å². The third kappa shape index (κ3) is 9.68. The number of amides is 3. The fourth-order valence-corrected chi connectivity index (χ4v) is 11.8. The summed E-state index contributed by atoms with van der Waals surface area (Å²) in [6.45, 7) is 18.0. The van der Waals surface area contributed by atoms with Crippen molar-refractivity contribution < 1.29 is 32.6 Å². The lowest BCUT2D eigenvalue weighted by Gasteiger charge is -2.38. The highest BCUT2D eigenvalue weighted by Gasteiger charge is 2.40. The van der Waals surface area contributed by atoms with Gasteiger partial charge < -0.3 is 29.6 Å². The smallest absolute Gasteiger partial charge is 0.410 e. The molecule has 0 bridgehead atoms. The van der Waals surface area contributed by atoms with Crippen LogP contribution < -0.4 is 15.1 Å². The highest BCUT2D eigenvalue weighted by molar-refractivity contribution is 6.77. The molecule has 0 radical (unpaired) electrons. The van der Waals surface area contributed by atoms with Crippen molar-refractivity contribution in [2.45, 2.75) is 141 Å². The number of carbonyl (C=O) groups is 3. The number of carbonyl (C=O) groups excluding carboxylic acids is 3. The maximum atomic E-state index is 16.4. The molecule has 12 nitrogen and oxygen atoms in total. The number of anilines is 3. The number of nitrogens with one attached hydrogen (secondary N) is 2. The number of ether oxygens (including phenoxy) is 2. The summed E-state index contributed by atoms with van der Waals surface area (Å²) in [6.07, 6.45) is 3.42. The van der Waals surface area contributed by atoms with E-state index >= 15 is 8.78 Å². The van der Waals surface area contributed by atoms with Crippen LogP contribution in [0.3, 0.4) is 0 Å². The van der Waals surface area contributed by atoms with Crippen LogP contribution in [0.1, 0.15) is 115 Å². The van der Waals surface area contributed by atoms with E-state index in [4.69, 9.17) is 14.5 Å². The van der Waals surface area contributed by atoms with E-state index < -0.39 is 43.0 Å². The molecule has 2 N–H and O–H groups in total. The van der Waals surface area contributed by atoms with Crippen LogP contribution >= 0.6 is 0 Å². The van der Waals surface area contributed by atoms with Gasteiger partial charge in [0.2, 0.25) is 5.91 Å². The van der Waals surface area contributed by atoms with Crippen molar-refractivity contribution in [3.05, 3.63) is 83.2 Å². The highest BCUT2D eigenvalue weighted by Crippen LogP contribution is 2.49. The molecule has 0 spiro atoms. The Morgan fingerprint density at radius 3 is 1.94 bits per heavy atom. The van der Waals surface area contributed by atoms with E-state index in [1.165, 1.54) is 17.0 Å². The van der Waals surface area contributed by atoms with Gasteiger partial charge in [-0.15, -0.1) is 0 Å². The summed E-state index contributed by atoms with van der Waals surface area (Å²) in [5.41, 5.74) is 3.29. The Morgan fingerprint density at radius 1 is 0.730 bits per heavy atom. The molecule has 63 heavy (non-hydrogen) atoms. The monoisotopic (exact) mass is 883 g/mol. The van der Waals surface area contributed by atoms with Crippen molar-refractivity contribution >= 4 is 54.3 Å². The van der Waals surface area contributed by atoms with Gasteiger partial charge in [0.05, 0.1) is 37.2 Å².